The Hall–Kier alpha value is -0.120. The molecule has 14 heavy (non-hydrogen) atoms. The van der Waals surface area contributed by atoms with Crippen LogP contribution in [0.1, 0.15) is 33.1 Å². The molecule has 84 valence electrons. The molecule has 0 radical (unpaired) electrons. The number of hydrogen-bond donors (Lipinski definition) is 2. The monoisotopic (exact) mass is 200 g/mol. The van der Waals surface area contributed by atoms with Crippen LogP contribution in [-0.2, 0) is 0 Å². The Bertz CT molecular complexity index is 155. The van der Waals surface area contributed by atoms with Gasteiger partial charge in [-0.3, -0.25) is 4.90 Å². The molecule has 0 aliphatic carbocycles. The molecule has 3 nitrogen and oxygen atoms in total. The van der Waals surface area contributed by atoms with Gasteiger partial charge < -0.3 is 10.4 Å². The highest BCUT2D eigenvalue weighted by molar-refractivity contribution is 4.86. The molecule has 1 unspecified atom stereocenters. The summed E-state index contributed by atoms with van der Waals surface area (Å²) in [7, 11) is 0. The summed E-state index contributed by atoms with van der Waals surface area (Å²) in [5.41, 5.74) is 0.000764. The van der Waals surface area contributed by atoms with Gasteiger partial charge in [-0.2, -0.15) is 0 Å². The SMILES string of the molecule is CCCC(C)(CO)N1CCCNCC1. The zero-order valence-electron chi connectivity index (χ0n) is 9.55. The largest absolute Gasteiger partial charge is 0.394 e. The highest BCUT2D eigenvalue weighted by Gasteiger charge is 2.30. The summed E-state index contributed by atoms with van der Waals surface area (Å²) in [4.78, 5) is 2.44. The van der Waals surface area contributed by atoms with E-state index >= 15 is 0 Å². The van der Waals surface area contributed by atoms with Gasteiger partial charge in [-0.1, -0.05) is 13.3 Å². The number of nitrogens with one attached hydrogen (secondary N) is 1. The summed E-state index contributed by atoms with van der Waals surface area (Å²) < 4.78 is 0. The minimum atomic E-state index is 0.000764. The summed E-state index contributed by atoms with van der Waals surface area (Å²) in [6, 6.07) is 0. The highest BCUT2D eigenvalue weighted by atomic mass is 16.3. The van der Waals surface area contributed by atoms with Gasteiger partial charge in [0, 0.05) is 25.2 Å². The van der Waals surface area contributed by atoms with Crippen molar-refractivity contribution in [3.63, 3.8) is 0 Å². The Kier molecular flexibility index (Phi) is 4.85. The second kappa shape index (κ2) is 5.69. The van der Waals surface area contributed by atoms with Crippen molar-refractivity contribution in [1.29, 1.82) is 0 Å². The van der Waals surface area contributed by atoms with E-state index in [4.69, 9.17) is 0 Å². The number of aliphatic hydroxyl groups is 1. The zero-order chi connectivity index (χ0) is 10.4. The third-order valence-electron chi connectivity index (χ3n) is 3.23. The fourth-order valence-corrected chi connectivity index (χ4v) is 2.26. The van der Waals surface area contributed by atoms with E-state index in [9.17, 15) is 5.11 Å². The maximum Gasteiger partial charge on any atom is 0.0612 e. The van der Waals surface area contributed by atoms with Crippen molar-refractivity contribution in [3.05, 3.63) is 0 Å². The molecule has 0 aromatic heterocycles. The quantitative estimate of drug-likeness (QED) is 0.705. The van der Waals surface area contributed by atoms with Crippen LogP contribution in [-0.4, -0.2) is 48.3 Å². The van der Waals surface area contributed by atoms with Crippen LogP contribution in [0.25, 0.3) is 0 Å². The molecule has 1 aliphatic heterocycles. The fourth-order valence-electron chi connectivity index (χ4n) is 2.26. The molecule has 1 fully saturated rings. The van der Waals surface area contributed by atoms with Crippen molar-refractivity contribution in [3.8, 4) is 0 Å². The van der Waals surface area contributed by atoms with Crippen LogP contribution >= 0.6 is 0 Å². The molecule has 0 amide bonds. The number of nitrogens with zero attached hydrogens (tertiary/aromatic N) is 1. The third-order valence-corrected chi connectivity index (χ3v) is 3.23. The lowest BCUT2D eigenvalue weighted by molar-refractivity contribution is 0.0404. The Morgan fingerprint density at radius 2 is 2.14 bits per heavy atom. The van der Waals surface area contributed by atoms with Crippen LogP contribution in [0.15, 0.2) is 0 Å². The highest BCUT2D eigenvalue weighted by Crippen LogP contribution is 2.21. The molecule has 1 aliphatic rings. The first-order chi connectivity index (χ1) is 6.73. The van der Waals surface area contributed by atoms with Gasteiger partial charge in [0.05, 0.1) is 6.61 Å². The van der Waals surface area contributed by atoms with E-state index in [1.165, 1.54) is 6.42 Å². The van der Waals surface area contributed by atoms with Gasteiger partial charge in [0.15, 0.2) is 0 Å². The first-order valence-electron chi connectivity index (χ1n) is 5.79. The van der Waals surface area contributed by atoms with E-state index < -0.39 is 0 Å². The van der Waals surface area contributed by atoms with Gasteiger partial charge in [0.2, 0.25) is 0 Å². The van der Waals surface area contributed by atoms with Gasteiger partial charge in [-0.25, -0.2) is 0 Å². The van der Waals surface area contributed by atoms with E-state index in [0.29, 0.717) is 0 Å². The lowest BCUT2D eigenvalue weighted by atomic mass is 9.94. The molecular formula is C11H24N2O. The van der Waals surface area contributed by atoms with Crippen LogP contribution in [0.5, 0.6) is 0 Å². The maximum atomic E-state index is 9.50. The van der Waals surface area contributed by atoms with Crippen LogP contribution in [0.3, 0.4) is 0 Å². The summed E-state index contributed by atoms with van der Waals surface area (Å²) in [5, 5.41) is 12.9. The van der Waals surface area contributed by atoms with E-state index in [2.05, 4.69) is 24.1 Å². The number of aliphatic hydroxyl groups excluding tert-OH is 1. The van der Waals surface area contributed by atoms with Crippen LogP contribution < -0.4 is 5.32 Å². The minimum absolute atomic E-state index is 0.000764. The van der Waals surface area contributed by atoms with Crippen LogP contribution in [0, 0.1) is 0 Å². The van der Waals surface area contributed by atoms with Crippen molar-refractivity contribution >= 4 is 0 Å². The molecule has 1 rings (SSSR count). The van der Waals surface area contributed by atoms with Crippen LogP contribution in [0.4, 0.5) is 0 Å². The lowest BCUT2D eigenvalue weighted by Gasteiger charge is -2.39. The van der Waals surface area contributed by atoms with Crippen molar-refractivity contribution in [2.45, 2.75) is 38.6 Å². The standard InChI is InChI=1S/C11H24N2O/c1-3-5-11(2,10-14)13-8-4-6-12-7-9-13/h12,14H,3-10H2,1-2H3. The van der Waals surface area contributed by atoms with Gasteiger partial charge in [0.25, 0.3) is 0 Å². The molecule has 0 aromatic rings. The van der Waals surface area contributed by atoms with Crippen molar-refractivity contribution in [2.24, 2.45) is 0 Å². The molecule has 0 spiro atoms. The van der Waals surface area contributed by atoms with E-state index in [1.54, 1.807) is 0 Å². The first-order valence-corrected chi connectivity index (χ1v) is 5.79. The predicted octanol–water partition coefficient (Wildman–Crippen LogP) is 0.833. The molecule has 1 heterocycles. The normalized spacial score (nSPS) is 24.2. The Balaban J connectivity index is 2.56. The second-order valence-corrected chi connectivity index (χ2v) is 4.50. The average Bonchev–Trinajstić information content (AvgIpc) is 2.46. The van der Waals surface area contributed by atoms with Gasteiger partial charge in [-0.15, -0.1) is 0 Å². The van der Waals surface area contributed by atoms with E-state index in [-0.39, 0.29) is 12.1 Å². The van der Waals surface area contributed by atoms with Crippen molar-refractivity contribution in [2.75, 3.05) is 32.8 Å². The van der Waals surface area contributed by atoms with E-state index in [0.717, 1.165) is 39.0 Å². The lowest BCUT2D eigenvalue weighted by Crippen LogP contribution is -2.50. The molecule has 3 heteroatoms. The summed E-state index contributed by atoms with van der Waals surface area (Å²) in [6.45, 7) is 9.00. The van der Waals surface area contributed by atoms with Gasteiger partial charge >= 0.3 is 0 Å². The Labute approximate surface area is 87.5 Å². The van der Waals surface area contributed by atoms with Crippen molar-refractivity contribution in [1.82, 2.24) is 10.2 Å². The fraction of sp³-hybridized carbons (Fsp3) is 1.00. The topological polar surface area (TPSA) is 35.5 Å². The van der Waals surface area contributed by atoms with Gasteiger partial charge in [0.1, 0.15) is 0 Å². The summed E-state index contributed by atoms with van der Waals surface area (Å²) in [5.74, 6) is 0. The predicted molar refractivity (Wildman–Crippen MR) is 59.5 cm³/mol. The maximum absolute atomic E-state index is 9.50. The Morgan fingerprint density at radius 3 is 2.79 bits per heavy atom. The number of rotatable bonds is 4. The molecule has 0 aromatic carbocycles. The van der Waals surface area contributed by atoms with Gasteiger partial charge in [-0.05, 0) is 26.3 Å². The van der Waals surface area contributed by atoms with Crippen LogP contribution in [0.2, 0.25) is 0 Å². The molecule has 0 saturated carbocycles. The van der Waals surface area contributed by atoms with Crippen molar-refractivity contribution < 1.29 is 5.11 Å². The number of hydrogen-bond acceptors (Lipinski definition) is 3. The first kappa shape index (κ1) is 12.0. The smallest absolute Gasteiger partial charge is 0.0612 e. The molecule has 1 atom stereocenters. The zero-order valence-corrected chi connectivity index (χ0v) is 9.55. The third kappa shape index (κ3) is 2.94. The van der Waals surface area contributed by atoms with E-state index in [1.807, 2.05) is 0 Å². The second-order valence-electron chi connectivity index (χ2n) is 4.50. The Morgan fingerprint density at radius 1 is 1.36 bits per heavy atom. The molecule has 2 N–H and O–H groups in total. The minimum Gasteiger partial charge on any atom is -0.394 e. The molecular weight excluding hydrogens is 176 g/mol. The summed E-state index contributed by atoms with van der Waals surface area (Å²) in [6.07, 6.45) is 3.42. The average molecular weight is 200 g/mol. The molecule has 1 saturated heterocycles. The molecule has 0 bridgehead atoms. The summed E-state index contributed by atoms with van der Waals surface area (Å²) >= 11 is 0.